The van der Waals surface area contributed by atoms with Crippen LogP contribution >= 0.6 is 0 Å². The van der Waals surface area contributed by atoms with Gasteiger partial charge >= 0.3 is 5.97 Å². The molecule has 5 heteroatoms. The Morgan fingerprint density at radius 3 is 2.00 bits per heavy atom. The highest BCUT2D eigenvalue weighted by molar-refractivity contribution is 5.69. The Morgan fingerprint density at radius 1 is 0.875 bits per heavy atom. The molecule has 0 spiro atoms. The first-order chi connectivity index (χ1) is 11.7. The molecule has 0 fully saturated rings. The van der Waals surface area contributed by atoms with E-state index < -0.39 is 6.08 Å². The second-order valence-corrected chi connectivity index (χ2v) is 5.17. The lowest BCUT2D eigenvalue weighted by Crippen LogP contribution is -2.21. The number of rotatable bonds is 8. The van der Waals surface area contributed by atoms with Crippen LogP contribution in [0.2, 0.25) is 0 Å². The van der Waals surface area contributed by atoms with Gasteiger partial charge in [0.05, 0.1) is 0 Å². The molecular formula is C19H20NO4-. The fraction of sp³-hybridized carbons (Fsp3) is 0.263. The number of carbonyl (C=O) groups excluding carboxylic acids is 1. The van der Waals surface area contributed by atoms with Gasteiger partial charge < -0.3 is 14.6 Å². The highest BCUT2D eigenvalue weighted by Crippen LogP contribution is 2.03. The minimum Gasteiger partial charge on any atom is -0.596 e. The number of esters is 1. The standard InChI is InChI=1S/C19H21NO4/c21-18(23-14-16-8-3-1-4-9-16)12-7-13-20-19(22)24-15-17-10-5-2-6-11-17/h1-6,8-11H,7,12-15H2,(H,20,22)/p-1. The summed E-state index contributed by atoms with van der Waals surface area (Å²) < 4.78 is 10.2. The van der Waals surface area contributed by atoms with Gasteiger partial charge in [0.2, 0.25) is 0 Å². The predicted octanol–water partition coefficient (Wildman–Crippen LogP) is 2.44. The van der Waals surface area contributed by atoms with Crippen LogP contribution in [0.15, 0.2) is 65.7 Å². The molecular weight excluding hydrogens is 306 g/mol. The van der Waals surface area contributed by atoms with Crippen LogP contribution in [0, 0.1) is 0 Å². The maximum atomic E-state index is 11.6. The highest BCUT2D eigenvalue weighted by atomic mass is 16.6. The number of aliphatic imine (C=N–C) groups is 1. The number of benzene rings is 2. The second-order valence-electron chi connectivity index (χ2n) is 5.17. The van der Waals surface area contributed by atoms with Crippen LogP contribution in [-0.2, 0) is 27.5 Å². The lowest BCUT2D eigenvalue weighted by atomic mass is 10.2. The Kier molecular flexibility index (Phi) is 7.34. The summed E-state index contributed by atoms with van der Waals surface area (Å²) in [5.74, 6) is -0.299. The second kappa shape index (κ2) is 10.0. The van der Waals surface area contributed by atoms with Crippen molar-refractivity contribution in [3.8, 4) is 0 Å². The molecule has 0 aliphatic rings. The lowest BCUT2D eigenvalue weighted by Gasteiger charge is -2.14. The number of hydrogen-bond donors (Lipinski definition) is 0. The van der Waals surface area contributed by atoms with Crippen molar-refractivity contribution in [2.45, 2.75) is 26.1 Å². The van der Waals surface area contributed by atoms with Gasteiger partial charge in [0, 0.05) is 19.6 Å². The first-order valence-corrected chi connectivity index (χ1v) is 7.82. The molecule has 0 unspecified atom stereocenters. The van der Waals surface area contributed by atoms with Crippen molar-refractivity contribution in [1.29, 1.82) is 0 Å². The molecule has 0 atom stereocenters. The van der Waals surface area contributed by atoms with Gasteiger partial charge in [0.25, 0.3) is 0 Å². The molecule has 0 bridgehead atoms. The van der Waals surface area contributed by atoms with E-state index in [4.69, 9.17) is 9.47 Å². The first kappa shape index (κ1) is 17.5. The van der Waals surface area contributed by atoms with Gasteiger partial charge in [-0.25, -0.2) is 0 Å². The lowest BCUT2D eigenvalue weighted by molar-refractivity contribution is -0.252. The Balaban J connectivity index is 1.58. The van der Waals surface area contributed by atoms with Gasteiger partial charge in [-0.3, -0.25) is 9.79 Å². The summed E-state index contributed by atoms with van der Waals surface area (Å²) in [6.07, 6.45) is 0.0626. The zero-order valence-electron chi connectivity index (χ0n) is 13.4. The Morgan fingerprint density at radius 2 is 1.42 bits per heavy atom. The van der Waals surface area contributed by atoms with Crippen molar-refractivity contribution < 1.29 is 19.4 Å². The molecule has 2 aromatic rings. The molecule has 0 aromatic heterocycles. The smallest absolute Gasteiger partial charge is 0.306 e. The van der Waals surface area contributed by atoms with E-state index in [0.717, 1.165) is 11.1 Å². The van der Waals surface area contributed by atoms with Crippen LogP contribution in [0.4, 0.5) is 0 Å². The van der Waals surface area contributed by atoms with Crippen LogP contribution in [0.25, 0.3) is 0 Å². The molecule has 0 amide bonds. The monoisotopic (exact) mass is 326 g/mol. The van der Waals surface area contributed by atoms with Crippen molar-refractivity contribution in [2.24, 2.45) is 4.99 Å². The first-order valence-electron chi connectivity index (χ1n) is 7.82. The zero-order chi connectivity index (χ0) is 17.0. The summed E-state index contributed by atoms with van der Waals surface area (Å²) >= 11 is 0. The summed E-state index contributed by atoms with van der Waals surface area (Å²) in [7, 11) is 0. The molecule has 0 heterocycles. The van der Waals surface area contributed by atoms with Gasteiger partial charge in [-0.2, -0.15) is 0 Å². The zero-order valence-corrected chi connectivity index (χ0v) is 13.4. The summed E-state index contributed by atoms with van der Waals surface area (Å²) in [6.45, 7) is 0.701. The van der Waals surface area contributed by atoms with E-state index in [2.05, 4.69) is 4.99 Å². The third kappa shape index (κ3) is 6.96. The summed E-state index contributed by atoms with van der Waals surface area (Å²) in [4.78, 5) is 15.4. The quantitative estimate of drug-likeness (QED) is 0.323. The maximum Gasteiger partial charge on any atom is 0.306 e. The van der Waals surface area contributed by atoms with Gasteiger partial charge in [-0.15, -0.1) is 0 Å². The van der Waals surface area contributed by atoms with Gasteiger partial charge in [-0.1, -0.05) is 60.7 Å². The van der Waals surface area contributed by atoms with E-state index >= 15 is 0 Å². The van der Waals surface area contributed by atoms with Crippen molar-refractivity contribution in [3.05, 3.63) is 71.8 Å². The van der Waals surface area contributed by atoms with Crippen LogP contribution < -0.4 is 5.11 Å². The molecule has 0 aliphatic heterocycles. The topological polar surface area (TPSA) is 71.0 Å². The van der Waals surface area contributed by atoms with Gasteiger partial charge in [0.15, 0.2) is 0 Å². The van der Waals surface area contributed by atoms with Gasteiger partial charge in [-0.05, 0) is 17.5 Å². The largest absolute Gasteiger partial charge is 0.596 e. The van der Waals surface area contributed by atoms with Crippen LogP contribution in [0.5, 0.6) is 0 Å². The average molecular weight is 326 g/mol. The van der Waals surface area contributed by atoms with Crippen LogP contribution in [0.3, 0.4) is 0 Å². The molecule has 2 aromatic carbocycles. The molecule has 2 rings (SSSR count). The summed E-state index contributed by atoms with van der Waals surface area (Å²) in [6, 6.07) is 18.9. The molecule has 0 N–H and O–H groups in total. The summed E-state index contributed by atoms with van der Waals surface area (Å²) in [5, 5.41) is 11.5. The minimum atomic E-state index is -0.614. The van der Waals surface area contributed by atoms with Crippen LogP contribution in [0.1, 0.15) is 24.0 Å². The Labute approximate surface area is 141 Å². The van der Waals surface area contributed by atoms with E-state index in [1.165, 1.54) is 0 Å². The third-order valence-corrected chi connectivity index (χ3v) is 3.23. The van der Waals surface area contributed by atoms with Crippen molar-refractivity contribution in [1.82, 2.24) is 0 Å². The van der Waals surface area contributed by atoms with E-state index in [9.17, 15) is 9.90 Å². The highest BCUT2D eigenvalue weighted by Gasteiger charge is 2.02. The average Bonchev–Trinajstić information content (AvgIpc) is 2.63. The van der Waals surface area contributed by atoms with Crippen molar-refractivity contribution in [2.75, 3.05) is 6.54 Å². The fourth-order valence-corrected chi connectivity index (χ4v) is 1.97. The van der Waals surface area contributed by atoms with Crippen molar-refractivity contribution >= 4 is 12.1 Å². The predicted molar refractivity (Wildman–Crippen MR) is 89.0 cm³/mol. The Bertz CT molecular complexity index is 641. The molecule has 5 nitrogen and oxygen atoms in total. The number of hydrogen-bond acceptors (Lipinski definition) is 5. The summed E-state index contributed by atoms with van der Waals surface area (Å²) in [5.41, 5.74) is 1.85. The number of ether oxygens (including phenoxy) is 2. The normalized spacial score (nSPS) is 11.1. The van der Waals surface area contributed by atoms with Crippen molar-refractivity contribution in [3.63, 3.8) is 0 Å². The molecule has 0 saturated carbocycles. The molecule has 0 saturated heterocycles. The third-order valence-electron chi connectivity index (χ3n) is 3.23. The Hall–Kier alpha value is -2.82. The number of carbonyl (C=O) groups is 1. The van der Waals surface area contributed by atoms with Crippen LogP contribution in [-0.4, -0.2) is 18.6 Å². The van der Waals surface area contributed by atoms with E-state index in [-0.39, 0.29) is 32.1 Å². The molecule has 0 radical (unpaired) electrons. The molecule has 24 heavy (non-hydrogen) atoms. The SMILES string of the molecule is O=C(CCCN=C([O-])OCc1ccccc1)OCc1ccccc1. The van der Waals surface area contributed by atoms with E-state index in [1.54, 1.807) is 0 Å². The molecule has 126 valence electrons. The fourth-order valence-electron chi connectivity index (χ4n) is 1.97. The molecule has 0 aliphatic carbocycles. The van der Waals surface area contributed by atoms with Gasteiger partial charge in [0.1, 0.15) is 12.7 Å². The van der Waals surface area contributed by atoms with E-state index in [1.807, 2.05) is 60.7 Å². The van der Waals surface area contributed by atoms with E-state index in [0.29, 0.717) is 6.42 Å². The number of nitrogens with zero attached hydrogens (tertiary/aromatic N) is 1. The maximum absolute atomic E-state index is 11.6. The minimum absolute atomic E-state index is 0.197.